The molecule has 0 radical (unpaired) electrons. The molecule has 2 aromatic carbocycles. The summed E-state index contributed by atoms with van der Waals surface area (Å²) in [7, 11) is 0. The number of hydrogen-bond acceptors (Lipinski definition) is 2. The number of benzene rings is 2. The van der Waals surface area contributed by atoms with Crippen LogP contribution in [0.15, 0.2) is 65.7 Å². The van der Waals surface area contributed by atoms with Crippen LogP contribution in [0.1, 0.15) is 11.1 Å². The van der Waals surface area contributed by atoms with Crippen LogP contribution in [0.3, 0.4) is 0 Å². The van der Waals surface area contributed by atoms with Crippen molar-refractivity contribution in [3.63, 3.8) is 0 Å². The third kappa shape index (κ3) is 3.37. The molecule has 3 heteroatoms. The largest absolute Gasteiger partial charge is 0.298 e. The number of hydrogen-bond donors (Lipinski definition) is 0. The van der Waals surface area contributed by atoms with E-state index in [4.69, 9.17) is 0 Å². The van der Waals surface area contributed by atoms with Gasteiger partial charge in [0, 0.05) is 13.0 Å². The third-order valence-electron chi connectivity index (χ3n) is 3.63. The van der Waals surface area contributed by atoms with Crippen molar-refractivity contribution in [2.45, 2.75) is 12.8 Å². The first-order valence-corrected chi connectivity index (χ1v) is 7.24. The second-order valence-electron chi connectivity index (χ2n) is 5.17. The van der Waals surface area contributed by atoms with Gasteiger partial charge < -0.3 is 0 Å². The van der Waals surface area contributed by atoms with Crippen LogP contribution in [-0.2, 0) is 17.6 Å². The third-order valence-corrected chi connectivity index (χ3v) is 3.63. The summed E-state index contributed by atoms with van der Waals surface area (Å²) in [6, 6.07) is 20.0. The lowest BCUT2D eigenvalue weighted by Crippen LogP contribution is -2.36. The lowest BCUT2D eigenvalue weighted by Gasteiger charge is -2.18. The average Bonchev–Trinajstić information content (AvgIpc) is 2.97. The SMILES string of the molecule is O=C(Cc1ccccc1)N1CCN=C1Cc1ccccc1. The van der Waals surface area contributed by atoms with E-state index in [9.17, 15) is 4.79 Å². The maximum Gasteiger partial charge on any atom is 0.232 e. The molecule has 3 rings (SSSR count). The second-order valence-corrected chi connectivity index (χ2v) is 5.17. The highest BCUT2D eigenvalue weighted by molar-refractivity contribution is 6.00. The number of carbonyl (C=O) groups is 1. The van der Waals surface area contributed by atoms with Gasteiger partial charge in [0.1, 0.15) is 5.84 Å². The summed E-state index contributed by atoms with van der Waals surface area (Å²) in [4.78, 5) is 18.8. The van der Waals surface area contributed by atoms with Crippen LogP contribution in [0.25, 0.3) is 0 Å². The van der Waals surface area contributed by atoms with Gasteiger partial charge in [-0.1, -0.05) is 60.7 Å². The van der Waals surface area contributed by atoms with Gasteiger partial charge in [-0.05, 0) is 11.1 Å². The molecule has 1 heterocycles. The Balaban J connectivity index is 1.67. The van der Waals surface area contributed by atoms with Crippen LogP contribution >= 0.6 is 0 Å². The molecule has 106 valence electrons. The maximum atomic E-state index is 12.5. The summed E-state index contributed by atoms with van der Waals surface area (Å²) < 4.78 is 0. The van der Waals surface area contributed by atoms with Crippen LogP contribution in [0.5, 0.6) is 0 Å². The first-order chi connectivity index (χ1) is 10.3. The zero-order valence-electron chi connectivity index (χ0n) is 11.9. The predicted molar refractivity (Wildman–Crippen MR) is 84.3 cm³/mol. The van der Waals surface area contributed by atoms with Crippen LogP contribution in [-0.4, -0.2) is 29.7 Å². The van der Waals surface area contributed by atoms with E-state index < -0.39 is 0 Å². The number of amides is 1. The van der Waals surface area contributed by atoms with Gasteiger partial charge in [0.25, 0.3) is 0 Å². The number of rotatable bonds is 4. The van der Waals surface area contributed by atoms with Gasteiger partial charge in [0.15, 0.2) is 0 Å². The molecule has 0 spiro atoms. The summed E-state index contributed by atoms with van der Waals surface area (Å²) >= 11 is 0. The molecule has 0 unspecified atom stereocenters. The summed E-state index contributed by atoms with van der Waals surface area (Å²) in [6.45, 7) is 1.41. The van der Waals surface area contributed by atoms with Crippen LogP contribution in [0.4, 0.5) is 0 Å². The molecule has 1 aliphatic heterocycles. The van der Waals surface area contributed by atoms with Crippen LogP contribution < -0.4 is 0 Å². The molecule has 3 nitrogen and oxygen atoms in total. The predicted octanol–water partition coefficient (Wildman–Crippen LogP) is 2.71. The summed E-state index contributed by atoms with van der Waals surface area (Å²) in [5.74, 6) is 1.02. The normalized spacial score (nSPS) is 14.1. The van der Waals surface area contributed by atoms with Gasteiger partial charge in [-0.25, -0.2) is 0 Å². The molecule has 0 bridgehead atoms. The fourth-order valence-corrected chi connectivity index (χ4v) is 2.56. The molecule has 0 aromatic heterocycles. The van der Waals surface area contributed by atoms with E-state index in [2.05, 4.69) is 17.1 Å². The number of amidine groups is 1. The molecule has 21 heavy (non-hydrogen) atoms. The van der Waals surface area contributed by atoms with Gasteiger partial charge in [0.05, 0.1) is 13.0 Å². The molecule has 2 aromatic rings. The van der Waals surface area contributed by atoms with Crippen molar-refractivity contribution in [2.75, 3.05) is 13.1 Å². The fraction of sp³-hybridized carbons (Fsp3) is 0.222. The quantitative estimate of drug-likeness (QED) is 0.846. The Bertz CT molecular complexity index is 635. The van der Waals surface area contributed by atoms with Gasteiger partial charge in [0.2, 0.25) is 5.91 Å². The maximum absolute atomic E-state index is 12.5. The zero-order chi connectivity index (χ0) is 14.5. The smallest absolute Gasteiger partial charge is 0.232 e. The van der Waals surface area contributed by atoms with Crippen molar-refractivity contribution in [3.05, 3.63) is 71.8 Å². The van der Waals surface area contributed by atoms with Gasteiger partial charge >= 0.3 is 0 Å². The van der Waals surface area contributed by atoms with Crippen molar-refractivity contribution >= 4 is 11.7 Å². The van der Waals surface area contributed by atoms with E-state index >= 15 is 0 Å². The lowest BCUT2D eigenvalue weighted by atomic mass is 10.1. The van der Waals surface area contributed by atoms with E-state index in [-0.39, 0.29) is 5.91 Å². The van der Waals surface area contributed by atoms with Crippen molar-refractivity contribution in [3.8, 4) is 0 Å². The minimum Gasteiger partial charge on any atom is -0.298 e. The van der Waals surface area contributed by atoms with Crippen molar-refractivity contribution < 1.29 is 4.79 Å². The van der Waals surface area contributed by atoms with Gasteiger partial charge in [-0.15, -0.1) is 0 Å². The zero-order valence-corrected chi connectivity index (χ0v) is 11.9. The van der Waals surface area contributed by atoms with E-state index in [0.29, 0.717) is 19.5 Å². The molecule has 0 saturated heterocycles. The van der Waals surface area contributed by atoms with Gasteiger partial charge in [-0.2, -0.15) is 0 Å². The van der Waals surface area contributed by atoms with Gasteiger partial charge in [-0.3, -0.25) is 14.7 Å². The Morgan fingerprint density at radius 2 is 1.57 bits per heavy atom. The minimum atomic E-state index is 0.133. The summed E-state index contributed by atoms with van der Waals surface area (Å²) in [5, 5.41) is 0. The molecule has 0 atom stereocenters. The Morgan fingerprint density at radius 3 is 2.24 bits per heavy atom. The standard InChI is InChI=1S/C18H18N2O/c21-18(14-16-9-5-2-6-10-16)20-12-11-19-17(20)13-15-7-3-1-4-8-15/h1-10H,11-14H2. The van der Waals surface area contributed by atoms with Crippen molar-refractivity contribution in [1.29, 1.82) is 0 Å². The summed E-state index contributed by atoms with van der Waals surface area (Å²) in [5.41, 5.74) is 2.24. The van der Waals surface area contributed by atoms with E-state index in [1.54, 1.807) is 0 Å². The molecule has 0 N–H and O–H groups in total. The fourth-order valence-electron chi connectivity index (χ4n) is 2.56. The monoisotopic (exact) mass is 278 g/mol. The second kappa shape index (κ2) is 6.35. The summed E-state index contributed by atoms with van der Waals surface area (Å²) in [6.07, 6.45) is 1.16. The highest BCUT2D eigenvalue weighted by Crippen LogP contribution is 2.11. The number of nitrogens with zero attached hydrogens (tertiary/aromatic N) is 2. The average molecular weight is 278 g/mol. The van der Waals surface area contributed by atoms with Crippen molar-refractivity contribution in [2.24, 2.45) is 4.99 Å². The molecule has 0 fully saturated rings. The molecular weight excluding hydrogens is 260 g/mol. The highest BCUT2D eigenvalue weighted by atomic mass is 16.2. The highest BCUT2D eigenvalue weighted by Gasteiger charge is 2.23. The molecular formula is C18H18N2O. The van der Waals surface area contributed by atoms with E-state index in [1.807, 2.05) is 53.4 Å². The van der Waals surface area contributed by atoms with Crippen LogP contribution in [0.2, 0.25) is 0 Å². The van der Waals surface area contributed by atoms with Crippen LogP contribution in [0, 0.1) is 0 Å². The molecule has 0 aliphatic carbocycles. The topological polar surface area (TPSA) is 32.7 Å². The first kappa shape index (κ1) is 13.6. The minimum absolute atomic E-state index is 0.133. The van der Waals surface area contributed by atoms with Crippen molar-refractivity contribution in [1.82, 2.24) is 4.90 Å². The molecule has 1 aliphatic rings. The Kier molecular flexibility index (Phi) is 4.10. The Morgan fingerprint density at radius 1 is 0.952 bits per heavy atom. The Hall–Kier alpha value is -2.42. The number of carbonyl (C=O) groups excluding carboxylic acids is 1. The van der Waals surface area contributed by atoms with E-state index in [1.165, 1.54) is 5.56 Å². The first-order valence-electron chi connectivity index (χ1n) is 7.24. The number of aliphatic imine (C=N–C) groups is 1. The van der Waals surface area contributed by atoms with E-state index in [0.717, 1.165) is 17.8 Å². The lowest BCUT2D eigenvalue weighted by molar-refractivity contribution is -0.126. The molecule has 1 amide bonds. The Labute approximate surface area is 124 Å². The molecule has 0 saturated carbocycles.